The van der Waals surface area contributed by atoms with Gasteiger partial charge in [-0.05, 0) is 56.2 Å². The van der Waals surface area contributed by atoms with E-state index in [0.717, 1.165) is 13.2 Å². The van der Waals surface area contributed by atoms with Gasteiger partial charge >= 0.3 is 0 Å². The van der Waals surface area contributed by atoms with Crippen LogP contribution in [0.3, 0.4) is 0 Å². The van der Waals surface area contributed by atoms with Gasteiger partial charge in [0.2, 0.25) is 0 Å². The summed E-state index contributed by atoms with van der Waals surface area (Å²) in [5, 5.41) is 3.73. The maximum absolute atomic E-state index is 5.78. The van der Waals surface area contributed by atoms with Crippen LogP contribution in [0.15, 0.2) is 12.1 Å². The SMILES string of the molecule is CCCNC(CCC1CCCO1)c1ccc(C(C)(C)C)s1. The lowest BCUT2D eigenvalue weighted by Crippen LogP contribution is -2.22. The summed E-state index contributed by atoms with van der Waals surface area (Å²) in [7, 11) is 0. The summed E-state index contributed by atoms with van der Waals surface area (Å²) in [4.78, 5) is 2.98. The molecule has 1 saturated heterocycles. The third-order valence-electron chi connectivity index (χ3n) is 4.15. The van der Waals surface area contributed by atoms with Gasteiger partial charge in [-0.3, -0.25) is 0 Å². The van der Waals surface area contributed by atoms with Gasteiger partial charge in [0.1, 0.15) is 0 Å². The largest absolute Gasteiger partial charge is 0.378 e. The number of hydrogen-bond donors (Lipinski definition) is 1. The topological polar surface area (TPSA) is 21.3 Å². The van der Waals surface area contributed by atoms with E-state index in [1.165, 1.54) is 41.9 Å². The quantitative estimate of drug-likeness (QED) is 0.761. The molecule has 2 rings (SSSR count). The lowest BCUT2D eigenvalue weighted by Gasteiger charge is -2.20. The van der Waals surface area contributed by atoms with E-state index in [4.69, 9.17) is 4.74 Å². The highest BCUT2D eigenvalue weighted by Crippen LogP contribution is 2.34. The minimum Gasteiger partial charge on any atom is -0.378 e. The molecule has 0 saturated carbocycles. The lowest BCUT2D eigenvalue weighted by atomic mass is 9.95. The first-order chi connectivity index (χ1) is 10.0. The van der Waals surface area contributed by atoms with Crippen LogP contribution in [0.4, 0.5) is 0 Å². The maximum atomic E-state index is 5.78. The van der Waals surface area contributed by atoms with Crippen molar-refractivity contribution in [2.24, 2.45) is 0 Å². The molecule has 0 aliphatic carbocycles. The van der Waals surface area contributed by atoms with E-state index in [1.807, 2.05) is 11.3 Å². The Morgan fingerprint density at radius 2 is 2.19 bits per heavy atom. The number of nitrogens with one attached hydrogen (secondary N) is 1. The van der Waals surface area contributed by atoms with Crippen molar-refractivity contribution >= 4 is 11.3 Å². The Hall–Kier alpha value is -0.380. The molecule has 0 amide bonds. The summed E-state index contributed by atoms with van der Waals surface area (Å²) < 4.78 is 5.78. The van der Waals surface area contributed by atoms with Crippen LogP contribution in [-0.2, 0) is 10.2 Å². The summed E-state index contributed by atoms with van der Waals surface area (Å²) in [6.45, 7) is 11.2. The molecule has 0 spiro atoms. The van der Waals surface area contributed by atoms with Crippen molar-refractivity contribution in [2.45, 2.75) is 77.4 Å². The molecule has 0 radical (unpaired) electrons. The van der Waals surface area contributed by atoms with E-state index in [9.17, 15) is 0 Å². The second-order valence-electron chi connectivity index (χ2n) is 7.17. The van der Waals surface area contributed by atoms with Crippen LogP contribution in [0.25, 0.3) is 0 Å². The molecule has 1 N–H and O–H groups in total. The van der Waals surface area contributed by atoms with Crippen LogP contribution in [0.2, 0.25) is 0 Å². The number of rotatable bonds is 7. The highest BCUT2D eigenvalue weighted by Gasteiger charge is 2.22. The Kier molecular flexibility index (Phi) is 6.27. The number of ether oxygens (including phenoxy) is 1. The first-order valence-corrected chi connectivity index (χ1v) is 9.27. The second kappa shape index (κ2) is 7.75. The first-order valence-electron chi connectivity index (χ1n) is 8.46. The maximum Gasteiger partial charge on any atom is 0.0576 e. The van der Waals surface area contributed by atoms with Crippen molar-refractivity contribution in [2.75, 3.05) is 13.2 Å². The molecule has 1 fully saturated rings. The number of hydrogen-bond acceptors (Lipinski definition) is 3. The minimum atomic E-state index is 0.257. The summed E-state index contributed by atoms with van der Waals surface area (Å²) in [6.07, 6.45) is 6.55. The Morgan fingerprint density at radius 1 is 1.38 bits per heavy atom. The monoisotopic (exact) mass is 309 g/mol. The van der Waals surface area contributed by atoms with Crippen LogP contribution in [-0.4, -0.2) is 19.3 Å². The molecule has 1 aliphatic heterocycles. The summed E-state index contributed by atoms with van der Waals surface area (Å²) in [5.74, 6) is 0. The van der Waals surface area contributed by atoms with Crippen LogP contribution in [0, 0.1) is 0 Å². The van der Waals surface area contributed by atoms with Gasteiger partial charge in [-0.25, -0.2) is 0 Å². The third-order valence-corrected chi connectivity index (χ3v) is 5.78. The summed E-state index contributed by atoms with van der Waals surface area (Å²) >= 11 is 1.98. The fraction of sp³-hybridized carbons (Fsp3) is 0.778. The smallest absolute Gasteiger partial charge is 0.0576 e. The molecule has 0 aromatic carbocycles. The zero-order chi connectivity index (χ0) is 15.3. The average Bonchev–Trinajstić information content (AvgIpc) is 3.09. The molecule has 1 aromatic rings. The third kappa shape index (κ3) is 5.08. The van der Waals surface area contributed by atoms with Crippen LogP contribution in [0.1, 0.15) is 75.6 Å². The summed E-state index contributed by atoms with van der Waals surface area (Å²) in [6, 6.07) is 5.14. The zero-order valence-corrected chi connectivity index (χ0v) is 14.9. The van der Waals surface area contributed by atoms with Crippen molar-refractivity contribution in [1.29, 1.82) is 0 Å². The molecule has 2 nitrogen and oxygen atoms in total. The minimum absolute atomic E-state index is 0.257. The number of thiophene rings is 1. The van der Waals surface area contributed by atoms with E-state index < -0.39 is 0 Å². The molecular formula is C18H31NOS. The molecular weight excluding hydrogens is 278 g/mol. The Bertz CT molecular complexity index is 415. The van der Waals surface area contributed by atoms with E-state index in [-0.39, 0.29) is 5.41 Å². The summed E-state index contributed by atoms with van der Waals surface area (Å²) in [5.41, 5.74) is 0.257. The van der Waals surface area contributed by atoms with Gasteiger partial charge < -0.3 is 10.1 Å². The fourth-order valence-corrected chi connectivity index (χ4v) is 4.01. The predicted octanol–water partition coefficient (Wildman–Crippen LogP) is 5.05. The van der Waals surface area contributed by atoms with Gasteiger partial charge in [-0.2, -0.15) is 0 Å². The van der Waals surface area contributed by atoms with Crippen LogP contribution in [0.5, 0.6) is 0 Å². The normalized spacial score (nSPS) is 20.9. The van der Waals surface area contributed by atoms with Gasteiger partial charge in [0.05, 0.1) is 6.10 Å². The Labute approximate surface area is 134 Å². The molecule has 3 heteroatoms. The standard InChI is InChI=1S/C18H31NOS/c1-5-12-19-15(9-8-14-7-6-13-20-14)16-10-11-17(21-16)18(2,3)4/h10-11,14-15,19H,5-9,12-13H2,1-4H3. The molecule has 0 bridgehead atoms. The van der Waals surface area contributed by atoms with Crippen molar-refractivity contribution in [3.05, 3.63) is 21.9 Å². The molecule has 2 atom stereocenters. The molecule has 2 unspecified atom stereocenters. The highest BCUT2D eigenvalue weighted by molar-refractivity contribution is 7.12. The van der Waals surface area contributed by atoms with Gasteiger partial charge in [0.15, 0.2) is 0 Å². The second-order valence-corrected chi connectivity index (χ2v) is 8.29. The van der Waals surface area contributed by atoms with Crippen molar-refractivity contribution in [3.63, 3.8) is 0 Å². The van der Waals surface area contributed by atoms with Gasteiger partial charge in [0, 0.05) is 22.4 Å². The highest BCUT2D eigenvalue weighted by atomic mass is 32.1. The average molecular weight is 310 g/mol. The molecule has 1 aromatic heterocycles. The van der Waals surface area contributed by atoms with E-state index >= 15 is 0 Å². The molecule has 21 heavy (non-hydrogen) atoms. The first kappa shape index (κ1) is 17.0. The van der Waals surface area contributed by atoms with Gasteiger partial charge in [0.25, 0.3) is 0 Å². The fourth-order valence-electron chi connectivity index (χ4n) is 2.83. The van der Waals surface area contributed by atoms with Crippen molar-refractivity contribution in [3.8, 4) is 0 Å². The Balaban J connectivity index is 1.98. The Morgan fingerprint density at radius 3 is 2.76 bits per heavy atom. The molecule has 2 heterocycles. The van der Waals surface area contributed by atoms with Crippen molar-refractivity contribution in [1.82, 2.24) is 5.32 Å². The molecule has 120 valence electrons. The zero-order valence-electron chi connectivity index (χ0n) is 14.1. The van der Waals surface area contributed by atoms with Crippen LogP contribution >= 0.6 is 11.3 Å². The van der Waals surface area contributed by atoms with Crippen molar-refractivity contribution < 1.29 is 4.74 Å². The van der Waals surface area contributed by atoms with E-state index in [2.05, 4.69) is 45.1 Å². The van der Waals surface area contributed by atoms with E-state index in [0.29, 0.717) is 12.1 Å². The predicted molar refractivity (Wildman–Crippen MR) is 92.3 cm³/mol. The van der Waals surface area contributed by atoms with Crippen LogP contribution < -0.4 is 5.32 Å². The molecule has 1 aliphatic rings. The van der Waals surface area contributed by atoms with Gasteiger partial charge in [-0.15, -0.1) is 11.3 Å². The lowest BCUT2D eigenvalue weighted by molar-refractivity contribution is 0.0997. The van der Waals surface area contributed by atoms with E-state index in [1.54, 1.807) is 0 Å². The van der Waals surface area contributed by atoms with Gasteiger partial charge in [-0.1, -0.05) is 27.7 Å².